The Balaban J connectivity index is 1.37. The summed E-state index contributed by atoms with van der Waals surface area (Å²) in [5.41, 5.74) is 1.22. The molecule has 238 valence electrons. The second-order valence-electron chi connectivity index (χ2n) is 13.6. The average molecular weight is 635 g/mol. The summed E-state index contributed by atoms with van der Waals surface area (Å²) in [4.78, 5) is 18.9. The maximum Gasteiger partial charge on any atom is 0.319 e. The second kappa shape index (κ2) is 11.7. The fourth-order valence-corrected chi connectivity index (χ4v) is 7.95. The van der Waals surface area contributed by atoms with Crippen LogP contribution in [0.15, 0.2) is 12.1 Å². The van der Waals surface area contributed by atoms with E-state index in [0.717, 1.165) is 63.5 Å². The van der Waals surface area contributed by atoms with Gasteiger partial charge in [-0.05, 0) is 95.0 Å². The van der Waals surface area contributed by atoms with Crippen LogP contribution in [0.1, 0.15) is 76.7 Å². The van der Waals surface area contributed by atoms with Gasteiger partial charge >= 0.3 is 6.01 Å². The lowest BCUT2D eigenvalue weighted by atomic mass is 9.75. The minimum absolute atomic E-state index is 0.0442. The molecule has 11 heteroatoms. The Bertz CT molecular complexity index is 1670. The number of pyridine rings is 1. The topological polar surface area (TPSA) is 108 Å². The normalized spacial score (nSPS) is 26.3. The predicted molar refractivity (Wildman–Crippen MR) is 171 cm³/mol. The number of halogens is 2. The number of nitrogens with zero attached hydrogens (tertiary/aromatic N) is 6. The van der Waals surface area contributed by atoms with Crippen LogP contribution in [0.4, 0.5) is 10.2 Å². The first-order valence-corrected chi connectivity index (χ1v) is 16.7. The Hall–Kier alpha value is -3.42. The van der Waals surface area contributed by atoms with Crippen LogP contribution >= 0.6 is 11.6 Å². The first-order chi connectivity index (χ1) is 21.7. The lowest BCUT2D eigenvalue weighted by molar-refractivity contribution is 0.0828. The Kier molecular flexibility index (Phi) is 7.89. The van der Waals surface area contributed by atoms with Gasteiger partial charge in [0.1, 0.15) is 41.4 Å². The van der Waals surface area contributed by atoms with Gasteiger partial charge in [0.25, 0.3) is 0 Å². The van der Waals surface area contributed by atoms with Crippen molar-refractivity contribution in [1.29, 1.82) is 5.26 Å². The molecule has 1 N–H and O–H groups in total. The Labute approximate surface area is 268 Å². The molecule has 2 saturated carbocycles. The van der Waals surface area contributed by atoms with E-state index in [4.69, 9.17) is 36.0 Å². The highest BCUT2D eigenvalue weighted by Crippen LogP contribution is 2.50. The molecule has 0 bridgehead atoms. The van der Waals surface area contributed by atoms with E-state index < -0.39 is 5.82 Å². The fraction of sp³-hybridized carbons (Fsp3) is 0.588. The maximum absolute atomic E-state index is 16.9. The predicted octanol–water partition coefficient (Wildman–Crippen LogP) is 6.85. The van der Waals surface area contributed by atoms with E-state index in [1.807, 2.05) is 0 Å². The van der Waals surface area contributed by atoms with Crippen molar-refractivity contribution in [3.8, 4) is 35.0 Å². The summed E-state index contributed by atoms with van der Waals surface area (Å²) in [6.07, 6.45) is 7.65. The van der Waals surface area contributed by atoms with Gasteiger partial charge in [-0.1, -0.05) is 24.9 Å². The second-order valence-corrected chi connectivity index (χ2v) is 14.0. The smallest absolute Gasteiger partial charge is 0.319 e. The van der Waals surface area contributed by atoms with Gasteiger partial charge in [-0.2, -0.15) is 15.2 Å². The monoisotopic (exact) mass is 634 g/mol. The van der Waals surface area contributed by atoms with Gasteiger partial charge in [0.15, 0.2) is 5.82 Å². The average Bonchev–Trinajstić information content (AvgIpc) is 3.78. The van der Waals surface area contributed by atoms with Gasteiger partial charge in [-0.15, -0.1) is 0 Å². The molecule has 1 aromatic carbocycles. The van der Waals surface area contributed by atoms with Crippen LogP contribution in [0.3, 0.4) is 0 Å². The number of rotatable bonds is 9. The molecule has 4 heterocycles. The third-order valence-corrected chi connectivity index (χ3v) is 10.6. The summed E-state index contributed by atoms with van der Waals surface area (Å²) in [5.74, 6) is 0.670. The number of hydrogen-bond acceptors (Lipinski definition) is 9. The van der Waals surface area contributed by atoms with E-state index in [-0.39, 0.29) is 52.3 Å². The number of nitriles is 1. The van der Waals surface area contributed by atoms with Gasteiger partial charge in [-0.25, -0.2) is 9.37 Å². The van der Waals surface area contributed by atoms with Gasteiger partial charge in [0, 0.05) is 23.0 Å². The molecule has 7 rings (SSSR count). The van der Waals surface area contributed by atoms with Crippen LogP contribution in [-0.2, 0) is 0 Å². The number of benzene rings is 1. The van der Waals surface area contributed by atoms with Crippen molar-refractivity contribution in [2.75, 3.05) is 38.3 Å². The van der Waals surface area contributed by atoms with E-state index >= 15 is 4.39 Å². The highest BCUT2D eigenvalue weighted by atomic mass is 35.5. The van der Waals surface area contributed by atoms with Crippen LogP contribution in [0.25, 0.3) is 22.2 Å². The highest BCUT2D eigenvalue weighted by molar-refractivity contribution is 6.32. The Morgan fingerprint density at radius 1 is 1.24 bits per heavy atom. The van der Waals surface area contributed by atoms with Crippen LogP contribution in [-0.4, -0.2) is 69.9 Å². The van der Waals surface area contributed by atoms with Crippen molar-refractivity contribution in [2.45, 2.75) is 82.7 Å². The highest BCUT2D eigenvalue weighted by Gasteiger charge is 2.40. The van der Waals surface area contributed by atoms with E-state index in [1.54, 1.807) is 0 Å². The standard InChI is InChI=1S/C34H40ClFN6O3/c1-4-8-34(9-5-10-41(34)3)18-45-33-39-30-27-31(40-33)42(16-21-11-20(12-21)15-37)19(2)17-44-32(27)38-29(28(30)36)24-13-23(43)14-25(35)26(24)22-6-7-22/h13-14,19-22,43H,4-12,16-18H2,1-3H3/t19-,20?,21?,34?/m0/s1. The summed E-state index contributed by atoms with van der Waals surface area (Å²) in [6.45, 7) is 6.62. The van der Waals surface area contributed by atoms with Crippen LogP contribution < -0.4 is 14.4 Å². The van der Waals surface area contributed by atoms with E-state index in [0.29, 0.717) is 47.5 Å². The Morgan fingerprint density at radius 3 is 2.73 bits per heavy atom. The number of phenols is 1. The molecule has 1 saturated heterocycles. The molecule has 4 aliphatic rings. The molecule has 1 unspecified atom stereocenters. The summed E-state index contributed by atoms with van der Waals surface area (Å²) < 4.78 is 29.6. The van der Waals surface area contributed by atoms with E-state index in [2.05, 4.69) is 36.8 Å². The molecule has 2 aliphatic heterocycles. The summed E-state index contributed by atoms with van der Waals surface area (Å²) in [6, 6.07) is 5.42. The van der Waals surface area contributed by atoms with Crippen molar-refractivity contribution in [3.05, 3.63) is 28.5 Å². The van der Waals surface area contributed by atoms with Gasteiger partial charge < -0.3 is 19.5 Å². The molecule has 45 heavy (non-hydrogen) atoms. The van der Waals surface area contributed by atoms with Crippen LogP contribution in [0.5, 0.6) is 17.6 Å². The zero-order valence-corrected chi connectivity index (χ0v) is 26.9. The molecule has 3 fully saturated rings. The number of likely N-dealkylation sites (tertiary alicyclic amines) is 1. The van der Waals surface area contributed by atoms with E-state index in [9.17, 15) is 10.4 Å². The molecule has 0 spiro atoms. The SMILES string of the molecule is CCCC1(COc2nc3c4c(nc(-c5cc(O)cc(Cl)c5C5CC5)c(F)c4n2)OC[C@H](C)N3CC2CC(C#N)C2)CCCN1C. The molecule has 0 amide bonds. The van der Waals surface area contributed by atoms with Crippen molar-refractivity contribution < 1.29 is 19.0 Å². The largest absolute Gasteiger partial charge is 0.508 e. The molecule has 9 nitrogen and oxygen atoms in total. The van der Waals surface area contributed by atoms with Crippen LogP contribution in [0, 0.1) is 29.0 Å². The zero-order chi connectivity index (χ0) is 31.5. The third kappa shape index (κ3) is 5.42. The van der Waals surface area contributed by atoms with Crippen molar-refractivity contribution in [2.24, 2.45) is 11.8 Å². The lowest BCUT2D eigenvalue weighted by Crippen LogP contribution is -2.46. The third-order valence-electron chi connectivity index (χ3n) is 10.3. The number of anilines is 1. The van der Waals surface area contributed by atoms with Gasteiger partial charge in [0.05, 0.1) is 17.6 Å². The number of aromatic hydroxyl groups is 1. The number of likely N-dealkylation sites (N-methyl/N-ethyl adjacent to an activating group) is 1. The number of hydrogen-bond donors (Lipinski definition) is 1. The first-order valence-electron chi connectivity index (χ1n) is 16.3. The number of ether oxygens (including phenoxy) is 2. The van der Waals surface area contributed by atoms with Crippen molar-refractivity contribution >= 4 is 28.3 Å². The van der Waals surface area contributed by atoms with E-state index in [1.165, 1.54) is 12.1 Å². The summed E-state index contributed by atoms with van der Waals surface area (Å²) in [5, 5.41) is 20.7. The number of phenolic OH excluding ortho intramolecular Hbond substituents is 1. The first kappa shape index (κ1) is 30.2. The Morgan fingerprint density at radius 2 is 2.04 bits per heavy atom. The van der Waals surface area contributed by atoms with Crippen LogP contribution in [0.2, 0.25) is 5.02 Å². The molecular weight excluding hydrogens is 595 g/mol. The summed E-state index contributed by atoms with van der Waals surface area (Å²) >= 11 is 6.61. The molecule has 2 atom stereocenters. The minimum Gasteiger partial charge on any atom is -0.508 e. The molecule has 3 aromatic rings. The molecule has 0 radical (unpaired) electrons. The van der Waals surface area contributed by atoms with Gasteiger partial charge in [-0.3, -0.25) is 4.90 Å². The molecule has 2 aromatic heterocycles. The maximum atomic E-state index is 16.9. The summed E-state index contributed by atoms with van der Waals surface area (Å²) in [7, 11) is 2.14. The number of aromatic nitrogens is 3. The quantitative estimate of drug-likeness (QED) is 0.270. The lowest BCUT2D eigenvalue weighted by Gasteiger charge is -2.38. The van der Waals surface area contributed by atoms with Crippen molar-refractivity contribution in [3.63, 3.8) is 0 Å². The van der Waals surface area contributed by atoms with Gasteiger partial charge in [0.2, 0.25) is 5.88 Å². The minimum atomic E-state index is -0.627. The van der Waals surface area contributed by atoms with Crippen molar-refractivity contribution in [1.82, 2.24) is 19.9 Å². The molecule has 2 aliphatic carbocycles. The fourth-order valence-electron chi connectivity index (χ4n) is 7.59. The zero-order valence-electron chi connectivity index (χ0n) is 26.2. The molecular formula is C34H40ClFN6O3.